The fourth-order valence-corrected chi connectivity index (χ4v) is 3.16. The number of esters is 1. The molecule has 3 rings (SSSR count). The molecular weight excluding hydrogens is 394 g/mol. The van der Waals surface area contributed by atoms with Gasteiger partial charge >= 0.3 is 5.97 Å². The highest BCUT2D eigenvalue weighted by atomic mass is 32.2. The van der Waals surface area contributed by atoms with Crippen molar-refractivity contribution < 1.29 is 23.6 Å². The Morgan fingerprint density at radius 2 is 2.10 bits per heavy atom. The normalized spacial score (nSPS) is 11.8. The Bertz CT molecular complexity index is 986. The summed E-state index contributed by atoms with van der Waals surface area (Å²) in [5, 5.41) is 7.36. The predicted molar refractivity (Wildman–Crippen MR) is 109 cm³/mol. The summed E-state index contributed by atoms with van der Waals surface area (Å²) in [5.41, 5.74) is 0.805. The topological polar surface area (TPSA) is 104 Å². The molecule has 1 amide bonds. The first-order valence-electron chi connectivity index (χ1n) is 8.92. The molecule has 29 heavy (non-hydrogen) atoms. The Morgan fingerprint density at radius 1 is 1.28 bits per heavy atom. The lowest BCUT2D eigenvalue weighted by Gasteiger charge is -2.14. The van der Waals surface area contributed by atoms with E-state index < -0.39 is 17.9 Å². The van der Waals surface area contributed by atoms with Crippen LogP contribution in [0.15, 0.2) is 47.1 Å². The van der Waals surface area contributed by atoms with Crippen molar-refractivity contribution in [2.75, 3.05) is 19.1 Å². The fraction of sp³-hybridized carbons (Fsp3) is 0.300. The number of amides is 1. The van der Waals surface area contributed by atoms with Gasteiger partial charge in [0.25, 0.3) is 5.91 Å². The van der Waals surface area contributed by atoms with Gasteiger partial charge in [-0.05, 0) is 30.6 Å². The zero-order valence-electron chi connectivity index (χ0n) is 16.1. The summed E-state index contributed by atoms with van der Waals surface area (Å²) >= 11 is 1.58. The van der Waals surface area contributed by atoms with E-state index in [1.807, 2.05) is 36.6 Å². The van der Waals surface area contributed by atoms with Crippen molar-refractivity contribution in [1.29, 1.82) is 0 Å². The van der Waals surface area contributed by atoms with Crippen molar-refractivity contribution in [3.63, 3.8) is 0 Å². The van der Waals surface area contributed by atoms with Crippen LogP contribution in [-0.4, -0.2) is 47.2 Å². The van der Waals surface area contributed by atoms with Crippen molar-refractivity contribution in [2.24, 2.45) is 0 Å². The number of benzene rings is 1. The highest BCUT2D eigenvalue weighted by Crippen LogP contribution is 2.24. The number of pyridine rings is 1. The van der Waals surface area contributed by atoms with Crippen LogP contribution in [0.1, 0.15) is 22.7 Å². The number of fused-ring (bicyclic) bond motifs is 1. The molecule has 1 unspecified atom stereocenters. The number of rotatable bonds is 9. The van der Waals surface area contributed by atoms with Gasteiger partial charge < -0.3 is 19.3 Å². The van der Waals surface area contributed by atoms with E-state index in [2.05, 4.69) is 15.5 Å². The van der Waals surface area contributed by atoms with Gasteiger partial charge in [-0.1, -0.05) is 23.4 Å². The van der Waals surface area contributed by atoms with Crippen molar-refractivity contribution in [2.45, 2.75) is 19.1 Å². The number of thioether (sulfide) groups is 1. The molecule has 8 nitrogen and oxygen atoms in total. The van der Waals surface area contributed by atoms with Crippen molar-refractivity contribution in [1.82, 2.24) is 15.5 Å². The Morgan fingerprint density at radius 3 is 2.90 bits per heavy atom. The van der Waals surface area contributed by atoms with Gasteiger partial charge in [0.05, 0.1) is 7.11 Å². The molecule has 0 bridgehead atoms. The van der Waals surface area contributed by atoms with Crippen LogP contribution in [-0.2, 0) is 16.1 Å². The molecule has 2 heterocycles. The number of hydrogen-bond acceptors (Lipinski definition) is 8. The molecule has 0 saturated carbocycles. The summed E-state index contributed by atoms with van der Waals surface area (Å²) in [6.45, 7) is 0.0862. The van der Waals surface area contributed by atoms with Gasteiger partial charge in [0, 0.05) is 17.6 Å². The van der Waals surface area contributed by atoms with Gasteiger partial charge in [-0.25, -0.2) is 4.79 Å². The molecule has 0 fully saturated rings. The second-order valence-electron chi connectivity index (χ2n) is 6.13. The minimum Gasteiger partial charge on any atom is -0.483 e. The van der Waals surface area contributed by atoms with Gasteiger partial charge in [0.15, 0.2) is 11.5 Å². The first kappa shape index (κ1) is 20.7. The summed E-state index contributed by atoms with van der Waals surface area (Å²) < 4.78 is 15.7. The largest absolute Gasteiger partial charge is 0.483 e. The van der Waals surface area contributed by atoms with E-state index in [4.69, 9.17) is 14.0 Å². The van der Waals surface area contributed by atoms with Gasteiger partial charge in [0.2, 0.25) is 0 Å². The van der Waals surface area contributed by atoms with Crippen molar-refractivity contribution >= 4 is 34.5 Å². The third-order valence-electron chi connectivity index (χ3n) is 4.16. The summed E-state index contributed by atoms with van der Waals surface area (Å²) in [6.07, 6.45) is 4.08. The minimum absolute atomic E-state index is 0.0673. The summed E-state index contributed by atoms with van der Waals surface area (Å²) in [5.74, 6) is 0.679. The molecule has 0 saturated heterocycles. The van der Waals surface area contributed by atoms with E-state index >= 15 is 0 Å². The molecule has 0 aliphatic rings. The maximum atomic E-state index is 12.4. The molecule has 3 aromatic rings. The molecule has 1 atom stereocenters. The third kappa shape index (κ3) is 5.26. The second-order valence-corrected chi connectivity index (χ2v) is 7.11. The average molecular weight is 415 g/mol. The third-order valence-corrected chi connectivity index (χ3v) is 4.80. The zero-order valence-corrected chi connectivity index (χ0v) is 16.9. The lowest BCUT2D eigenvalue weighted by atomic mass is 10.2. The summed E-state index contributed by atoms with van der Waals surface area (Å²) in [7, 11) is 1.29. The Kier molecular flexibility index (Phi) is 7.07. The highest BCUT2D eigenvalue weighted by Gasteiger charge is 2.23. The van der Waals surface area contributed by atoms with E-state index in [-0.39, 0.29) is 12.3 Å². The molecule has 0 spiro atoms. The van der Waals surface area contributed by atoms with Crippen molar-refractivity contribution in [3.8, 4) is 5.75 Å². The standard InChI is InChI=1S/C20H21N3O5S/c1-26-20(25)15(8-10-29-2)22-19(24)16-11-14(28-23-16)12-27-17-7-3-5-13-6-4-9-21-18(13)17/h3-7,9,11,15H,8,10,12H2,1-2H3,(H,22,24). The zero-order chi connectivity index (χ0) is 20.6. The average Bonchev–Trinajstić information content (AvgIpc) is 3.23. The molecule has 9 heteroatoms. The summed E-state index contributed by atoms with van der Waals surface area (Å²) in [4.78, 5) is 28.6. The van der Waals surface area contributed by atoms with Crippen LogP contribution in [0.2, 0.25) is 0 Å². The first-order valence-corrected chi connectivity index (χ1v) is 10.3. The molecule has 0 aliphatic heterocycles. The number of carbonyl (C=O) groups is 2. The number of ether oxygens (including phenoxy) is 2. The van der Waals surface area contributed by atoms with Crippen LogP contribution in [0.3, 0.4) is 0 Å². The minimum atomic E-state index is -0.738. The van der Waals surface area contributed by atoms with Crippen molar-refractivity contribution in [3.05, 3.63) is 54.0 Å². The second kappa shape index (κ2) is 9.92. The number of hydrogen-bond donors (Lipinski definition) is 1. The number of nitrogens with zero attached hydrogens (tertiary/aromatic N) is 2. The molecular formula is C20H21N3O5S. The van der Waals surface area contributed by atoms with Crippen LogP contribution >= 0.6 is 11.8 Å². The predicted octanol–water partition coefficient (Wildman–Crippen LogP) is 2.83. The molecule has 1 N–H and O–H groups in total. The lowest BCUT2D eigenvalue weighted by molar-refractivity contribution is -0.142. The molecule has 2 aromatic heterocycles. The number of carbonyl (C=O) groups excluding carboxylic acids is 2. The van der Waals surface area contributed by atoms with Gasteiger partial charge in [-0.3, -0.25) is 9.78 Å². The highest BCUT2D eigenvalue weighted by molar-refractivity contribution is 7.98. The Balaban J connectivity index is 1.63. The van der Waals surface area contributed by atoms with Gasteiger partial charge in [0.1, 0.15) is 23.9 Å². The first-order chi connectivity index (χ1) is 14.1. The number of methoxy groups -OCH3 is 1. The maximum Gasteiger partial charge on any atom is 0.328 e. The summed E-state index contributed by atoms with van der Waals surface area (Å²) in [6, 6.07) is 10.2. The fourth-order valence-electron chi connectivity index (χ4n) is 2.69. The lowest BCUT2D eigenvalue weighted by Crippen LogP contribution is -2.42. The maximum absolute atomic E-state index is 12.4. The van der Waals surface area contributed by atoms with E-state index in [0.29, 0.717) is 23.7 Å². The molecule has 152 valence electrons. The smallest absolute Gasteiger partial charge is 0.328 e. The molecule has 0 aliphatic carbocycles. The quantitative estimate of drug-likeness (QED) is 0.532. The van der Waals surface area contributed by atoms with Crippen LogP contribution in [0, 0.1) is 0 Å². The van der Waals surface area contributed by atoms with Crippen LogP contribution < -0.4 is 10.1 Å². The number of aromatic nitrogens is 2. The van der Waals surface area contributed by atoms with Gasteiger partial charge in [-0.15, -0.1) is 0 Å². The molecule has 1 aromatic carbocycles. The number of para-hydroxylation sites is 1. The van der Waals surface area contributed by atoms with E-state index in [0.717, 1.165) is 10.9 Å². The van der Waals surface area contributed by atoms with E-state index in [1.54, 1.807) is 18.0 Å². The number of nitrogens with one attached hydrogen (secondary N) is 1. The van der Waals surface area contributed by atoms with Crippen LogP contribution in [0.25, 0.3) is 10.9 Å². The molecule has 0 radical (unpaired) electrons. The van der Waals surface area contributed by atoms with Crippen LogP contribution in [0.4, 0.5) is 0 Å². The monoisotopic (exact) mass is 415 g/mol. The van der Waals surface area contributed by atoms with Gasteiger partial charge in [-0.2, -0.15) is 11.8 Å². The Hall–Kier alpha value is -3.07. The van der Waals surface area contributed by atoms with E-state index in [1.165, 1.54) is 13.2 Å². The van der Waals surface area contributed by atoms with E-state index in [9.17, 15) is 9.59 Å². The SMILES string of the molecule is COC(=O)C(CCSC)NC(=O)c1cc(COc2cccc3cccnc23)on1. The van der Waals surface area contributed by atoms with Crippen LogP contribution in [0.5, 0.6) is 5.75 Å². The Labute approximate surface area is 171 Å².